The molecule has 0 unspecified atom stereocenters. The summed E-state index contributed by atoms with van der Waals surface area (Å²) in [6.07, 6.45) is 0.912. The van der Waals surface area contributed by atoms with Crippen LogP contribution in [0.1, 0.15) is 35.1 Å². The van der Waals surface area contributed by atoms with E-state index in [0.717, 1.165) is 0 Å². The van der Waals surface area contributed by atoms with Gasteiger partial charge in [0.15, 0.2) is 11.6 Å². The molecular formula is C13H16N2O5. The second kappa shape index (κ2) is 3.92. The molecule has 0 saturated heterocycles. The lowest BCUT2D eigenvalue weighted by atomic mass is 9.96. The molecule has 0 radical (unpaired) electrons. The number of urea groups is 1. The molecule has 2 amide bonds. The SMILES string of the molecule is NC(=O)Nc1c2c(cc3c1CCC3(O)O)C(O)(O)CC2. The Hall–Kier alpha value is -1.67. The van der Waals surface area contributed by atoms with Crippen molar-refractivity contribution in [1.82, 2.24) is 0 Å². The van der Waals surface area contributed by atoms with Crippen LogP contribution < -0.4 is 11.1 Å². The van der Waals surface area contributed by atoms with Gasteiger partial charge in [-0.1, -0.05) is 0 Å². The Morgan fingerprint density at radius 3 is 1.90 bits per heavy atom. The van der Waals surface area contributed by atoms with Crippen molar-refractivity contribution in [2.75, 3.05) is 5.32 Å². The number of hydrogen-bond acceptors (Lipinski definition) is 5. The van der Waals surface area contributed by atoms with Crippen molar-refractivity contribution in [2.24, 2.45) is 5.73 Å². The predicted octanol–water partition coefficient (Wildman–Crippen LogP) is -0.656. The number of aliphatic hydroxyl groups is 4. The number of primary amides is 1. The van der Waals surface area contributed by atoms with E-state index < -0.39 is 17.6 Å². The number of carbonyl (C=O) groups is 1. The summed E-state index contributed by atoms with van der Waals surface area (Å²) in [7, 11) is 0. The number of nitrogens with two attached hydrogens (primary N) is 1. The van der Waals surface area contributed by atoms with Crippen molar-refractivity contribution >= 4 is 11.7 Å². The molecule has 1 aromatic carbocycles. The summed E-state index contributed by atoms with van der Waals surface area (Å²) >= 11 is 0. The Morgan fingerprint density at radius 2 is 1.50 bits per heavy atom. The van der Waals surface area contributed by atoms with Crippen LogP contribution in [-0.4, -0.2) is 26.5 Å². The highest BCUT2D eigenvalue weighted by Crippen LogP contribution is 2.47. The highest BCUT2D eigenvalue weighted by molar-refractivity contribution is 5.91. The average Bonchev–Trinajstić information content (AvgIpc) is 2.78. The number of hydrogen-bond donors (Lipinski definition) is 6. The number of fused-ring (bicyclic) bond motifs is 2. The third-order valence-electron chi connectivity index (χ3n) is 4.10. The first-order chi connectivity index (χ1) is 9.22. The minimum atomic E-state index is -2.03. The van der Waals surface area contributed by atoms with Gasteiger partial charge in [0.25, 0.3) is 0 Å². The third kappa shape index (κ3) is 1.79. The van der Waals surface area contributed by atoms with Crippen molar-refractivity contribution < 1.29 is 25.2 Å². The minimum Gasteiger partial charge on any atom is -0.362 e. The molecule has 0 atom stereocenters. The molecular weight excluding hydrogens is 264 g/mol. The summed E-state index contributed by atoms with van der Waals surface area (Å²) in [5.74, 6) is -4.06. The van der Waals surface area contributed by atoms with Gasteiger partial charge in [0.2, 0.25) is 0 Å². The van der Waals surface area contributed by atoms with E-state index in [1.807, 2.05) is 0 Å². The van der Waals surface area contributed by atoms with E-state index in [-0.39, 0.29) is 24.0 Å². The number of rotatable bonds is 1. The van der Waals surface area contributed by atoms with E-state index in [0.29, 0.717) is 29.7 Å². The first kappa shape index (κ1) is 13.3. The molecule has 7 nitrogen and oxygen atoms in total. The van der Waals surface area contributed by atoms with E-state index in [1.54, 1.807) is 0 Å². The standard InChI is InChI=1S/C13H16N2O5/c14-11(16)15-10-6-1-3-12(17,18)8(6)5-9-7(10)2-4-13(9,19)20/h5,17-20H,1-4H2,(H3,14,15,16). The van der Waals surface area contributed by atoms with Crippen LogP contribution in [-0.2, 0) is 24.4 Å². The summed E-state index contributed by atoms with van der Waals surface area (Å²) < 4.78 is 0. The van der Waals surface area contributed by atoms with Crippen LogP contribution in [0.2, 0.25) is 0 Å². The van der Waals surface area contributed by atoms with Gasteiger partial charge in [0, 0.05) is 29.7 Å². The second-order valence-corrected chi connectivity index (χ2v) is 5.43. The van der Waals surface area contributed by atoms with Crippen LogP contribution in [0.4, 0.5) is 10.5 Å². The molecule has 0 saturated carbocycles. The number of anilines is 1. The number of carbonyl (C=O) groups excluding carboxylic acids is 1. The Bertz CT molecular complexity index is 567. The van der Waals surface area contributed by atoms with Crippen molar-refractivity contribution in [2.45, 2.75) is 37.3 Å². The fraction of sp³-hybridized carbons (Fsp3) is 0.462. The topological polar surface area (TPSA) is 136 Å². The summed E-state index contributed by atoms with van der Waals surface area (Å²) in [6, 6.07) is 0.624. The molecule has 7 heteroatoms. The van der Waals surface area contributed by atoms with Crippen molar-refractivity contribution in [3.05, 3.63) is 28.3 Å². The largest absolute Gasteiger partial charge is 0.362 e. The van der Waals surface area contributed by atoms with Gasteiger partial charge in [-0.3, -0.25) is 0 Å². The number of amides is 2. The molecule has 0 spiro atoms. The van der Waals surface area contributed by atoms with Gasteiger partial charge in [-0.15, -0.1) is 0 Å². The lowest BCUT2D eigenvalue weighted by Crippen LogP contribution is -2.26. The summed E-state index contributed by atoms with van der Waals surface area (Å²) in [6.45, 7) is 0. The van der Waals surface area contributed by atoms with Gasteiger partial charge < -0.3 is 31.5 Å². The van der Waals surface area contributed by atoms with E-state index in [9.17, 15) is 25.2 Å². The first-order valence-corrected chi connectivity index (χ1v) is 6.38. The van der Waals surface area contributed by atoms with Crippen molar-refractivity contribution in [3.8, 4) is 0 Å². The fourth-order valence-electron chi connectivity index (χ4n) is 3.15. The Balaban J connectivity index is 2.26. The normalized spacial score (nSPS) is 21.4. The maximum atomic E-state index is 11.2. The summed E-state index contributed by atoms with van der Waals surface area (Å²) in [5.41, 5.74) is 7.08. The summed E-state index contributed by atoms with van der Waals surface area (Å²) in [5, 5.41) is 42.3. The van der Waals surface area contributed by atoms with Crippen molar-refractivity contribution in [3.63, 3.8) is 0 Å². The third-order valence-corrected chi connectivity index (χ3v) is 4.10. The highest BCUT2D eigenvalue weighted by atomic mass is 16.5. The lowest BCUT2D eigenvalue weighted by Gasteiger charge is -2.22. The van der Waals surface area contributed by atoms with E-state index >= 15 is 0 Å². The van der Waals surface area contributed by atoms with E-state index in [2.05, 4.69) is 5.32 Å². The Morgan fingerprint density at radius 1 is 1.05 bits per heavy atom. The van der Waals surface area contributed by atoms with Gasteiger partial charge >= 0.3 is 6.03 Å². The van der Waals surface area contributed by atoms with Gasteiger partial charge in [-0.25, -0.2) is 4.79 Å². The molecule has 3 rings (SSSR count). The zero-order chi connectivity index (χ0) is 14.7. The molecule has 0 aromatic heterocycles. The van der Waals surface area contributed by atoms with Gasteiger partial charge in [-0.05, 0) is 30.0 Å². The Labute approximate surface area is 114 Å². The molecule has 7 N–H and O–H groups in total. The average molecular weight is 280 g/mol. The van der Waals surface area contributed by atoms with Crippen molar-refractivity contribution in [1.29, 1.82) is 0 Å². The minimum absolute atomic E-state index is 0.0858. The monoisotopic (exact) mass is 280 g/mol. The van der Waals surface area contributed by atoms with Crippen LogP contribution in [0.15, 0.2) is 6.07 Å². The lowest BCUT2D eigenvalue weighted by molar-refractivity contribution is -0.170. The second-order valence-electron chi connectivity index (χ2n) is 5.43. The molecule has 108 valence electrons. The fourth-order valence-corrected chi connectivity index (χ4v) is 3.15. The molecule has 0 fully saturated rings. The van der Waals surface area contributed by atoms with Crippen LogP contribution >= 0.6 is 0 Å². The molecule has 0 bridgehead atoms. The van der Waals surface area contributed by atoms with Crippen LogP contribution in [0, 0.1) is 0 Å². The quantitative estimate of drug-likeness (QED) is 0.380. The number of nitrogens with one attached hydrogen (secondary N) is 1. The molecule has 0 heterocycles. The van der Waals surface area contributed by atoms with E-state index in [1.165, 1.54) is 6.07 Å². The van der Waals surface area contributed by atoms with Crippen LogP contribution in [0.25, 0.3) is 0 Å². The zero-order valence-electron chi connectivity index (χ0n) is 10.7. The molecule has 1 aromatic rings. The Kier molecular flexibility index (Phi) is 2.61. The molecule has 20 heavy (non-hydrogen) atoms. The number of benzene rings is 1. The maximum absolute atomic E-state index is 11.2. The zero-order valence-corrected chi connectivity index (χ0v) is 10.7. The smallest absolute Gasteiger partial charge is 0.316 e. The molecule has 0 aliphatic heterocycles. The van der Waals surface area contributed by atoms with Crippen LogP contribution in [0.5, 0.6) is 0 Å². The predicted molar refractivity (Wildman–Crippen MR) is 68.5 cm³/mol. The molecule has 2 aliphatic rings. The van der Waals surface area contributed by atoms with Gasteiger partial charge in [-0.2, -0.15) is 0 Å². The van der Waals surface area contributed by atoms with Gasteiger partial charge in [0.1, 0.15) is 0 Å². The van der Waals surface area contributed by atoms with Crippen LogP contribution in [0.3, 0.4) is 0 Å². The maximum Gasteiger partial charge on any atom is 0.316 e. The first-order valence-electron chi connectivity index (χ1n) is 6.38. The summed E-state index contributed by atoms with van der Waals surface area (Å²) in [4.78, 5) is 11.2. The highest BCUT2D eigenvalue weighted by Gasteiger charge is 2.43. The van der Waals surface area contributed by atoms with E-state index in [4.69, 9.17) is 5.73 Å². The molecule has 2 aliphatic carbocycles. The van der Waals surface area contributed by atoms with Gasteiger partial charge in [0.05, 0.1) is 0 Å².